The summed E-state index contributed by atoms with van der Waals surface area (Å²) >= 11 is 0. The molecule has 0 saturated carbocycles. The van der Waals surface area contributed by atoms with Crippen molar-refractivity contribution in [1.29, 1.82) is 0 Å². The van der Waals surface area contributed by atoms with Crippen molar-refractivity contribution in [3.05, 3.63) is 0 Å². The van der Waals surface area contributed by atoms with Gasteiger partial charge in [0, 0.05) is 19.6 Å². The summed E-state index contributed by atoms with van der Waals surface area (Å²) in [6.45, 7) is 3.75. The Morgan fingerprint density at radius 2 is 1.92 bits per heavy atom. The molecule has 0 atom stereocenters. The molecule has 0 N–H and O–H groups in total. The second kappa shape index (κ2) is 9.52. The number of hydrogen-bond acceptors (Lipinski definition) is 3. The summed E-state index contributed by atoms with van der Waals surface area (Å²) in [5.74, 6) is -0.116. The first-order valence-corrected chi connectivity index (χ1v) is 4.95. The van der Waals surface area contributed by atoms with Gasteiger partial charge in [0.25, 0.3) is 0 Å². The summed E-state index contributed by atoms with van der Waals surface area (Å²) in [7, 11) is 1.42. The molecule has 0 amide bonds. The first-order chi connectivity index (χ1) is 6.31. The Morgan fingerprint density at radius 1 is 1.15 bits per heavy atom. The van der Waals surface area contributed by atoms with Crippen molar-refractivity contribution < 1.29 is 14.3 Å². The number of carbonyl (C=O) groups is 1. The Kier molecular flexibility index (Phi) is 9.10. The van der Waals surface area contributed by atoms with Crippen LogP contribution in [0.25, 0.3) is 0 Å². The van der Waals surface area contributed by atoms with Crippen LogP contribution in [0.2, 0.25) is 0 Å². The van der Waals surface area contributed by atoms with Crippen LogP contribution < -0.4 is 0 Å². The first-order valence-electron chi connectivity index (χ1n) is 4.95. The molecule has 13 heavy (non-hydrogen) atoms. The van der Waals surface area contributed by atoms with E-state index in [9.17, 15) is 4.79 Å². The zero-order chi connectivity index (χ0) is 9.94. The van der Waals surface area contributed by atoms with Gasteiger partial charge in [-0.1, -0.05) is 13.3 Å². The predicted molar refractivity (Wildman–Crippen MR) is 51.6 cm³/mol. The van der Waals surface area contributed by atoms with Gasteiger partial charge < -0.3 is 9.47 Å². The number of rotatable bonds is 8. The van der Waals surface area contributed by atoms with E-state index in [1.54, 1.807) is 0 Å². The van der Waals surface area contributed by atoms with Gasteiger partial charge in [-0.15, -0.1) is 0 Å². The molecule has 78 valence electrons. The molecule has 0 aliphatic rings. The lowest BCUT2D eigenvalue weighted by atomic mass is 10.2. The van der Waals surface area contributed by atoms with E-state index in [0.29, 0.717) is 6.42 Å². The molecule has 0 bridgehead atoms. The highest BCUT2D eigenvalue weighted by molar-refractivity contribution is 5.68. The number of hydrogen-bond donors (Lipinski definition) is 0. The quantitative estimate of drug-likeness (QED) is 0.432. The fourth-order valence-corrected chi connectivity index (χ4v) is 0.999. The van der Waals surface area contributed by atoms with Crippen molar-refractivity contribution in [2.24, 2.45) is 0 Å². The van der Waals surface area contributed by atoms with E-state index in [2.05, 4.69) is 11.7 Å². The van der Waals surface area contributed by atoms with Crippen LogP contribution in [-0.2, 0) is 14.3 Å². The summed E-state index contributed by atoms with van der Waals surface area (Å²) in [6.07, 6.45) is 4.59. The maximum absolute atomic E-state index is 10.7. The van der Waals surface area contributed by atoms with Crippen LogP contribution in [0.1, 0.15) is 39.0 Å². The third kappa shape index (κ3) is 9.34. The van der Waals surface area contributed by atoms with Gasteiger partial charge in [-0.2, -0.15) is 0 Å². The molecule has 3 heteroatoms. The topological polar surface area (TPSA) is 35.5 Å². The monoisotopic (exact) mass is 188 g/mol. The van der Waals surface area contributed by atoms with Crippen molar-refractivity contribution in [3.63, 3.8) is 0 Å². The van der Waals surface area contributed by atoms with Gasteiger partial charge >= 0.3 is 5.97 Å². The molecule has 0 aromatic heterocycles. The van der Waals surface area contributed by atoms with Crippen molar-refractivity contribution in [3.8, 4) is 0 Å². The normalized spacial score (nSPS) is 10.0. The second-order valence-electron chi connectivity index (χ2n) is 3.00. The van der Waals surface area contributed by atoms with Crippen molar-refractivity contribution in [1.82, 2.24) is 0 Å². The zero-order valence-electron chi connectivity index (χ0n) is 8.67. The Bertz CT molecular complexity index is 123. The molecule has 0 unspecified atom stereocenters. The van der Waals surface area contributed by atoms with Crippen LogP contribution in [0.3, 0.4) is 0 Å². The van der Waals surface area contributed by atoms with Gasteiger partial charge in [-0.05, 0) is 19.3 Å². The SMILES string of the molecule is CCCOCCCCCC(=O)OC. The Labute approximate surface area is 80.4 Å². The maximum Gasteiger partial charge on any atom is 0.305 e. The van der Waals surface area contributed by atoms with Crippen LogP contribution in [-0.4, -0.2) is 26.3 Å². The molecule has 0 rings (SSSR count). The predicted octanol–water partition coefficient (Wildman–Crippen LogP) is 2.15. The smallest absolute Gasteiger partial charge is 0.305 e. The lowest BCUT2D eigenvalue weighted by Gasteiger charge is -2.01. The largest absolute Gasteiger partial charge is 0.469 e. The highest BCUT2D eigenvalue weighted by Crippen LogP contribution is 2.01. The molecule has 0 aliphatic carbocycles. The van der Waals surface area contributed by atoms with E-state index in [1.807, 2.05) is 0 Å². The average Bonchev–Trinajstić information content (AvgIpc) is 2.16. The molecule has 0 aromatic carbocycles. The van der Waals surface area contributed by atoms with E-state index in [1.165, 1.54) is 7.11 Å². The van der Waals surface area contributed by atoms with Crippen LogP contribution in [0, 0.1) is 0 Å². The highest BCUT2D eigenvalue weighted by atomic mass is 16.5. The number of methoxy groups -OCH3 is 1. The minimum Gasteiger partial charge on any atom is -0.469 e. The van der Waals surface area contributed by atoms with Crippen LogP contribution in [0.4, 0.5) is 0 Å². The molecule has 0 aromatic rings. The standard InChI is InChI=1S/C10H20O3/c1-3-8-13-9-6-4-5-7-10(11)12-2/h3-9H2,1-2H3. The van der Waals surface area contributed by atoms with Crippen LogP contribution in [0.5, 0.6) is 0 Å². The molecule has 0 radical (unpaired) electrons. The van der Waals surface area contributed by atoms with Crippen molar-refractivity contribution in [2.75, 3.05) is 20.3 Å². The van der Waals surface area contributed by atoms with Crippen LogP contribution in [0.15, 0.2) is 0 Å². The minimum atomic E-state index is -0.116. The minimum absolute atomic E-state index is 0.116. The Hall–Kier alpha value is -0.570. The van der Waals surface area contributed by atoms with Crippen LogP contribution >= 0.6 is 0 Å². The van der Waals surface area contributed by atoms with E-state index in [4.69, 9.17) is 4.74 Å². The molecule has 0 heterocycles. The summed E-state index contributed by atoms with van der Waals surface area (Å²) in [5, 5.41) is 0. The molecule has 0 spiro atoms. The summed E-state index contributed by atoms with van der Waals surface area (Å²) in [5.41, 5.74) is 0. The number of ether oxygens (including phenoxy) is 2. The lowest BCUT2D eigenvalue weighted by molar-refractivity contribution is -0.140. The van der Waals surface area contributed by atoms with Gasteiger partial charge in [0.05, 0.1) is 7.11 Å². The van der Waals surface area contributed by atoms with E-state index in [-0.39, 0.29) is 5.97 Å². The summed E-state index contributed by atoms with van der Waals surface area (Å²) in [4.78, 5) is 10.7. The number of esters is 1. The molecule has 3 nitrogen and oxygen atoms in total. The van der Waals surface area contributed by atoms with Crippen molar-refractivity contribution >= 4 is 5.97 Å². The number of unbranched alkanes of at least 4 members (excludes halogenated alkanes) is 2. The third-order valence-corrected chi connectivity index (χ3v) is 1.75. The van der Waals surface area contributed by atoms with E-state index < -0.39 is 0 Å². The molecular formula is C10H20O3. The molecule has 0 aliphatic heterocycles. The molecular weight excluding hydrogens is 168 g/mol. The zero-order valence-corrected chi connectivity index (χ0v) is 8.67. The Morgan fingerprint density at radius 3 is 2.54 bits per heavy atom. The van der Waals surface area contributed by atoms with Gasteiger partial charge in [-0.25, -0.2) is 0 Å². The number of carbonyl (C=O) groups excluding carboxylic acids is 1. The third-order valence-electron chi connectivity index (χ3n) is 1.75. The summed E-state index contributed by atoms with van der Waals surface area (Å²) in [6, 6.07) is 0. The second-order valence-corrected chi connectivity index (χ2v) is 3.00. The van der Waals surface area contributed by atoms with Crippen molar-refractivity contribution in [2.45, 2.75) is 39.0 Å². The van der Waals surface area contributed by atoms with Gasteiger partial charge in [0.15, 0.2) is 0 Å². The Balaban J connectivity index is 2.95. The van der Waals surface area contributed by atoms with Gasteiger partial charge in [-0.3, -0.25) is 4.79 Å². The maximum atomic E-state index is 10.7. The molecule has 0 fully saturated rings. The van der Waals surface area contributed by atoms with E-state index >= 15 is 0 Å². The summed E-state index contributed by atoms with van der Waals surface area (Å²) < 4.78 is 9.83. The fourth-order valence-electron chi connectivity index (χ4n) is 0.999. The molecule has 0 saturated heterocycles. The highest BCUT2D eigenvalue weighted by Gasteiger charge is 1.98. The lowest BCUT2D eigenvalue weighted by Crippen LogP contribution is -2.00. The first kappa shape index (κ1) is 12.4. The average molecular weight is 188 g/mol. The van der Waals surface area contributed by atoms with E-state index in [0.717, 1.165) is 38.9 Å². The fraction of sp³-hybridized carbons (Fsp3) is 0.900. The van der Waals surface area contributed by atoms with Gasteiger partial charge in [0.1, 0.15) is 0 Å². The van der Waals surface area contributed by atoms with Gasteiger partial charge in [0.2, 0.25) is 0 Å².